The van der Waals surface area contributed by atoms with Crippen LogP contribution in [0.15, 0.2) is 30.5 Å². The minimum absolute atomic E-state index is 0.292. The van der Waals surface area contributed by atoms with Crippen molar-refractivity contribution in [1.29, 1.82) is 0 Å². The summed E-state index contributed by atoms with van der Waals surface area (Å²) in [6, 6.07) is 7.78. The van der Waals surface area contributed by atoms with Gasteiger partial charge in [-0.25, -0.2) is 9.97 Å². The van der Waals surface area contributed by atoms with Gasteiger partial charge in [-0.15, -0.1) is 0 Å². The van der Waals surface area contributed by atoms with Crippen LogP contribution >= 0.6 is 0 Å². The van der Waals surface area contributed by atoms with E-state index in [2.05, 4.69) is 34.1 Å². The summed E-state index contributed by atoms with van der Waals surface area (Å²) < 4.78 is 5.80. The number of hydrogen-bond acceptors (Lipinski definition) is 5. The van der Waals surface area contributed by atoms with Gasteiger partial charge in [-0.05, 0) is 39.3 Å². The molecule has 2 aromatic heterocycles. The third-order valence-electron chi connectivity index (χ3n) is 4.06. The van der Waals surface area contributed by atoms with Crippen LogP contribution in [-0.4, -0.2) is 33.7 Å². The maximum absolute atomic E-state index is 5.80. The van der Waals surface area contributed by atoms with Gasteiger partial charge in [-0.1, -0.05) is 6.07 Å². The van der Waals surface area contributed by atoms with Gasteiger partial charge in [0.05, 0.1) is 23.6 Å². The molecule has 0 aliphatic carbocycles. The Bertz CT molecular complexity index is 632. The van der Waals surface area contributed by atoms with Crippen LogP contribution in [-0.2, 0) is 4.74 Å². The van der Waals surface area contributed by atoms with E-state index >= 15 is 0 Å². The molecule has 22 heavy (non-hydrogen) atoms. The van der Waals surface area contributed by atoms with Gasteiger partial charge in [-0.3, -0.25) is 4.98 Å². The van der Waals surface area contributed by atoms with Crippen molar-refractivity contribution in [2.45, 2.75) is 39.4 Å². The van der Waals surface area contributed by atoms with Crippen molar-refractivity contribution in [1.82, 2.24) is 15.0 Å². The van der Waals surface area contributed by atoms with Crippen LogP contribution < -0.4 is 5.32 Å². The molecule has 116 valence electrons. The van der Waals surface area contributed by atoms with E-state index in [-0.39, 0.29) is 0 Å². The normalized spacial score (nSPS) is 24.4. The highest BCUT2D eigenvalue weighted by Gasteiger charge is 2.29. The van der Waals surface area contributed by atoms with Crippen LogP contribution in [0, 0.1) is 12.8 Å². The monoisotopic (exact) mass is 298 g/mol. The first-order valence-corrected chi connectivity index (χ1v) is 7.78. The molecule has 0 saturated carbocycles. The number of rotatable bonds is 4. The number of anilines is 1. The number of nitrogens with zero attached hydrogens (tertiary/aromatic N) is 3. The highest BCUT2D eigenvalue weighted by molar-refractivity contribution is 5.58. The van der Waals surface area contributed by atoms with E-state index < -0.39 is 0 Å². The first kappa shape index (κ1) is 14.9. The van der Waals surface area contributed by atoms with Gasteiger partial charge in [0.25, 0.3) is 0 Å². The Kier molecular flexibility index (Phi) is 4.34. The number of aromatic nitrogens is 3. The molecule has 2 aromatic rings. The smallest absolute Gasteiger partial charge is 0.130 e. The Labute approximate surface area is 131 Å². The maximum atomic E-state index is 5.80. The molecular formula is C17H22N4O. The van der Waals surface area contributed by atoms with E-state index in [1.165, 1.54) is 0 Å². The zero-order chi connectivity index (χ0) is 15.5. The van der Waals surface area contributed by atoms with Crippen molar-refractivity contribution in [3.05, 3.63) is 36.3 Å². The van der Waals surface area contributed by atoms with E-state index in [4.69, 9.17) is 4.74 Å². The summed E-state index contributed by atoms with van der Waals surface area (Å²) >= 11 is 0. The molecule has 1 aliphatic rings. The van der Waals surface area contributed by atoms with Gasteiger partial charge in [-0.2, -0.15) is 0 Å². The van der Waals surface area contributed by atoms with Gasteiger partial charge in [0.15, 0.2) is 0 Å². The summed E-state index contributed by atoms with van der Waals surface area (Å²) in [5.41, 5.74) is 1.71. The summed E-state index contributed by atoms with van der Waals surface area (Å²) in [7, 11) is 0. The first-order chi connectivity index (χ1) is 10.6. The van der Waals surface area contributed by atoms with Crippen molar-refractivity contribution >= 4 is 5.82 Å². The van der Waals surface area contributed by atoms with Gasteiger partial charge in [0, 0.05) is 24.7 Å². The van der Waals surface area contributed by atoms with E-state index in [0.717, 1.165) is 36.0 Å². The molecule has 3 atom stereocenters. The fourth-order valence-corrected chi connectivity index (χ4v) is 2.94. The fraction of sp³-hybridized carbons (Fsp3) is 0.471. The number of nitrogens with one attached hydrogen (secondary N) is 1. The Morgan fingerprint density at radius 1 is 1.23 bits per heavy atom. The molecule has 3 heterocycles. The second kappa shape index (κ2) is 6.40. The van der Waals surface area contributed by atoms with Crippen LogP contribution in [0.2, 0.25) is 0 Å². The molecule has 0 aromatic carbocycles. The Morgan fingerprint density at radius 3 is 2.77 bits per heavy atom. The molecule has 3 rings (SSSR count). The van der Waals surface area contributed by atoms with E-state index in [9.17, 15) is 0 Å². The average molecular weight is 298 g/mol. The Balaban J connectivity index is 1.73. The molecule has 5 nitrogen and oxygen atoms in total. The molecule has 0 amide bonds. The van der Waals surface area contributed by atoms with Gasteiger partial charge in [0.1, 0.15) is 11.6 Å². The van der Waals surface area contributed by atoms with Crippen molar-refractivity contribution in [3.63, 3.8) is 0 Å². The highest BCUT2D eigenvalue weighted by atomic mass is 16.5. The lowest BCUT2D eigenvalue weighted by Gasteiger charge is -2.15. The zero-order valence-electron chi connectivity index (χ0n) is 13.3. The lowest BCUT2D eigenvalue weighted by Crippen LogP contribution is -2.21. The average Bonchev–Trinajstić information content (AvgIpc) is 2.83. The molecule has 0 spiro atoms. The quantitative estimate of drug-likeness (QED) is 0.940. The molecule has 1 aliphatic heterocycles. The van der Waals surface area contributed by atoms with Crippen LogP contribution in [0.5, 0.6) is 0 Å². The van der Waals surface area contributed by atoms with E-state index in [0.29, 0.717) is 18.1 Å². The second-order valence-corrected chi connectivity index (χ2v) is 5.93. The maximum Gasteiger partial charge on any atom is 0.130 e. The number of ether oxygens (including phenoxy) is 1. The molecule has 0 radical (unpaired) electrons. The van der Waals surface area contributed by atoms with Crippen molar-refractivity contribution in [2.24, 2.45) is 5.92 Å². The second-order valence-electron chi connectivity index (χ2n) is 5.93. The zero-order valence-corrected chi connectivity index (χ0v) is 13.3. The number of aryl methyl sites for hydroxylation is 1. The van der Waals surface area contributed by atoms with E-state index in [1.54, 1.807) is 6.20 Å². The van der Waals surface area contributed by atoms with Crippen molar-refractivity contribution < 1.29 is 4.74 Å². The summed E-state index contributed by atoms with van der Waals surface area (Å²) in [4.78, 5) is 13.3. The standard InChI is InChI=1S/C17H22N4O/c1-11-8-14(12(2)22-11)10-19-17-9-16(20-13(3)21-17)15-6-4-5-7-18-15/h4-7,9,11-12,14H,8,10H2,1-3H3,(H,19,20,21). The van der Waals surface area contributed by atoms with Crippen LogP contribution in [0.4, 0.5) is 5.82 Å². The molecule has 1 fully saturated rings. The van der Waals surface area contributed by atoms with Gasteiger partial charge < -0.3 is 10.1 Å². The lowest BCUT2D eigenvalue weighted by atomic mass is 10.0. The van der Waals surface area contributed by atoms with Gasteiger partial charge in [0.2, 0.25) is 0 Å². The summed E-state index contributed by atoms with van der Waals surface area (Å²) in [5, 5.41) is 3.43. The molecule has 0 bridgehead atoms. The van der Waals surface area contributed by atoms with Crippen molar-refractivity contribution in [2.75, 3.05) is 11.9 Å². The predicted molar refractivity (Wildman–Crippen MR) is 86.6 cm³/mol. The third kappa shape index (κ3) is 3.42. The van der Waals surface area contributed by atoms with Crippen LogP contribution in [0.1, 0.15) is 26.1 Å². The topological polar surface area (TPSA) is 59.9 Å². The summed E-state index contributed by atoms with van der Waals surface area (Å²) in [6.07, 6.45) is 3.50. The molecular weight excluding hydrogens is 276 g/mol. The molecule has 1 saturated heterocycles. The molecule has 3 unspecified atom stereocenters. The molecule has 5 heteroatoms. The Morgan fingerprint density at radius 2 is 2.09 bits per heavy atom. The predicted octanol–water partition coefficient (Wildman–Crippen LogP) is 3.07. The minimum Gasteiger partial charge on any atom is -0.375 e. The number of hydrogen-bond donors (Lipinski definition) is 1. The van der Waals surface area contributed by atoms with Gasteiger partial charge >= 0.3 is 0 Å². The van der Waals surface area contributed by atoms with E-state index in [1.807, 2.05) is 31.2 Å². The Hall–Kier alpha value is -2.01. The van der Waals surface area contributed by atoms with Crippen LogP contribution in [0.3, 0.4) is 0 Å². The summed E-state index contributed by atoms with van der Waals surface area (Å²) in [6.45, 7) is 7.04. The SMILES string of the molecule is Cc1nc(NCC2CC(C)OC2C)cc(-c2ccccn2)n1. The lowest BCUT2D eigenvalue weighted by molar-refractivity contribution is 0.0574. The van der Waals surface area contributed by atoms with Crippen LogP contribution in [0.25, 0.3) is 11.4 Å². The minimum atomic E-state index is 0.292. The fourth-order valence-electron chi connectivity index (χ4n) is 2.94. The van der Waals surface area contributed by atoms with Crippen molar-refractivity contribution in [3.8, 4) is 11.4 Å². The first-order valence-electron chi connectivity index (χ1n) is 7.78. The summed E-state index contributed by atoms with van der Waals surface area (Å²) in [5.74, 6) is 2.11. The number of pyridine rings is 1. The third-order valence-corrected chi connectivity index (χ3v) is 4.06. The largest absolute Gasteiger partial charge is 0.375 e. The highest BCUT2D eigenvalue weighted by Crippen LogP contribution is 2.26. The molecule has 1 N–H and O–H groups in total.